The van der Waals surface area contributed by atoms with Crippen LogP contribution < -0.4 is 4.74 Å². The van der Waals surface area contributed by atoms with Crippen LogP contribution in [0.5, 0.6) is 11.6 Å². The number of ether oxygens (including phenoxy) is 1. The zero-order valence-electron chi connectivity index (χ0n) is 15.3. The van der Waals surface area contributed by atoms with Gasteiger partial charge in [0.25, 0.3) is 5.69 Å². The minimum atomic E-state index is -0.469. The summed E-state index contributed by atoms with van der Waals surface area (Å²) >= 11 is 1.32. The predicted octanol–water partition coefficient (Wildman–Crippen LogP) is 5.73. The lowest BCUT2D eigenvalue weighted by Gasteiger charge is -2.11. The van der Waals surface area contributed by atoms with Gasteiger partial charge in [-0.25, -0.2) is 9.37 Å². The Morgan fingerprint density at radius 3 is 2.50 bits per heavy atom. The van der Waals surface area contributed by atoms with Crippen LogP contribution in [0.2, 0.25) is 0 Å². The summed E-state index contributed by atoms with van der Waals surface area (Å²) in [5.74, 6) is 1.05. The summed E-state index contributed by atoms with van der Waals surface area (Å²) in [4.78, 5) is 19.2. The van der Waals surface area contributed by atoms with Crippen LogP contribution in [0.25, 0.3) is 0 Å². The van der Waals surface area contributed by atoms with E-state index in [9.17, 15) is 14.5 Å². The van der Waals surface area contributed by atoms with E-state index in [4.69, 9.17) is 4.74 Å². The highest BCUT2D eigenvalue weighted by molar-refractivity contribution is 7.98. The molecule has 8 heteroatoms. The third-order valence-electron chi connectivity index (χ3n) is 3.88. The zero-order valence-corrected chi connectivity index (χ0v) is 16.1. The van der Waals surface area contributed by atoms with Crippen LogP contribution in [-0.4, -0.2) is 14.9 Å². The monoisotopic (exact) mass is 399 g/mol. The molecular formula is C20H18FN3O3S. The molecule has 0 aliphatic carbocycles. The van der Waals surface area contributed by atoms with Gasteiger partial charge in [0.1, 0.15) is 11.6 Å². The van der Waals surface area contributed by atoms with Crippen LogP contribution in [0, 0.1) is 15.9 Å². The molecule has 0 atom stereocenters. The van der Waals surface area contributed by atoms with Crippen molar-refractivity contribution in [2.24, 2.45) is 0 Å². The minimum Gasteiger partial charge on any atom is -0.439 e. The van der Waals surface area contributed by atoms with Gasteiger partial charge in [-0.05, 0) is 29.7 Å². The Labute approximate surface area is 165 Å². The fourth-order valence-corrected chi connectivity index (χ4v) is 3.19. The van der Waals surface area contributed by atoms with E-state index in [0.29, 0.717) is 28.1 Å². The van der Waals surface area contributed by atoms with Gasteiger partial charge in [-0.2, -0.15) is 4.98 Å². The van der Waals surface area contributed by atoms with Crippen molar-refractivity contribution in [2.45, 2.75) is 30.7 Å². The molecule has 2 aromatic carbocycles. The van der Waals surface area contributed by atoms with E-state index in [2.05, 4.69) is 9.97 Å². The third-order valence-corrected chi connectivity index (χ3v) is 4.77. The molecule has 0 unspecified atom stereocenters. The normalized spacial score (nSPS) is 10.9. The maximum absolute atomic E-state index is 13.8. The largest absolute Gasteiger partial charge is 0.439 e. The number of aromatic nitrogens is 2. The van der Waals surface area contributed by atoms with Crippen LogP contribution in [0.1, 0.15) is 31.0 Å². The SMILES string of the molecule is CC(C)c1cc(Oc2ccc([N+](=O)[O-])cc2)nc(SCc2ccccc2F)n1. The van der Waals surface area contributed by atoms with Crippen molar-refractivity contribution >= 4 is 17.4 Å². The molecule has 1 heterocycles. The van der Waals surface area contributed by atoms with Gasteiger partial charge in [-0.1, -0.05) is 43.8 Å². The molecule has 1 aromatic heterocycles. The lowest BCUT2D eigenvalue weighted by Crippen LogP contribution is -2.00. The first-order chi connectivity index (χ1) is 13.4. The number of nitrogens with zero attached hydrogens (tertiary/aromatic N) is 3. The zero-order chi connectivity index (χ0) is 20.1. The molecule has 144 valence electrons. The summed E-state index contributed by atoms with van der Waals surface area (Å²) in [5.41, 5.74) is 1.35. The molecule has 0 aliphatic rings. The highest BCUT2D eigenvalue weighted by atomic mass is 32.2. The van der Waals surface area contributed by atoms with Crippen molar-refractivity contribution in [1.29, 1.82) is 0 Å². The average Bonchev–Trinajstić information content (AvgIpc) is 2.67. The number of nitro benzene ring substituents is 1. The summed E-state index contributed by atoms with van der Waals surface area (Å²) < 4.78 is 19.6. The molecule has 0 spiro atoms. The number of non-ortho nitro benzene ring substituents is 1. The summed E-state index contributed by atoms with van der Waals surface area (Å²) in [5, 5.41) is 11.2. The summed E-state index contributed by atoms with van der Waals surface area (Å²) in [6.07, 6.45) is 0. The van der Waals surface area contributed by atoms with Gasteiger partial charge in [0.15, 0.2) is 5.16 Å². The third kappa shape index (κ3) is 5.04. The van der Waals surface area contributed by atoms with E-state index in [1.54, 1.807) is 24.3 Å². The Hall–Kier alpha value is -3.00. The van der Waals surface area contributed by atoms with Gasteiger partial charge >= 0.3 is 0 Å². The van der Waals surface area contributed by atoms with E-state index in [1.165, 1.54) is 42.1 Å². The van der Waals surface area contributed by atoms with Gasteiger partial charge in [0.2, 0.25) is 5.88 Å². The Morgan fingerprint density at radius 2 is 1.86 bits per heavy atom. The molecule has 3 aromatic rings. The number of hydrogen-bond donors (Lipinski definition) is 0. The van der Waals surface area contributed by atoms with E-state index >= 15 is 0 Å². The number of benzene rings is 2. The van der Waals surface area contributed by atoms with Gasteiger partial charge in [-0.3, -0.25) is 10.1 Å². The molecule has 0 bridgehead atoms. The summed E-state index contributed by atoms with van der Waals surface area (Å²) in [6, 6.07) is 14.1. The molecule has 3 rings (SSSR count). The van der Waals surface area contributed by atoms with Crippen LogP contribution in [0.3, 0.4) is 0 Å². The fraction of sp³-hybridized carbons (Fsp3) is 0.200. The van der Waals surface area contributed by atoms with Crippen LogP contribution >= 0.6 is 11.8 Å². The standard InChI is InChI=1S/C20H18FN3O3S/c1-13(2)18-11-19(27-16-9-7-15(8-10-16)24(25)26)23-20(22-18)28-12-14-5-3-4-6-17(14)21/h3-11,13H,12H2,1-2H3. The number of hydrogen-bond acceptors (Lipinski definition) is 6. The Bertz CT molecular complexity index is 981. The fourth-order valence-electron chi connectivity index (χ4n) is 2.35. The predicted molar refractivity (Wildman–Crippen MR) is 105 cm³/mol. The maximum Gasteiger partial charge on any atom is 0.269 e. The second kappa shape index (κ2) is 8.79. The Balaban J connectivity index is 1.80. The van der Waals surface area contributed by atoms with Crippen molar-refractivity contribution in [1.82, 2.24) is 9.97 Å². The molecule has 6 nitrogen and oxygen atoms in total. The first-order valence-electron chi connectivity index (χ1n) is 8.60. The van der Waals surface area contributed by atoms with E-state index in [-0.39, 0.29) is 17.4 Å². The highest BCUT2D eigenvalue weighted by Crippen LogP contribution is 2.28. The van der Waals surface area contributed by atoms with Gasteiger partial charge in [-0.15, -0.1) is 0 Å². The Morgan fingerprint density at radius 1 is 1.14 bits per heavy atom. The minimum absolute atomic E-state index is 0.0148. The van der Waals surface area contributed by atoms with Crippen LogP contribution in [0.4, 0.5) is 10.1 Å². The molecule has 0 radical (unpaired) electrons. The van der Waals surface area contributed by atoms with Gasteiger partial charge < -0.3 is 4.74 Å². The molecule has 0 fully saturated rings. The molecule has 0 N–H and O–H groups in total. The second-order valence-electron chi connectivity index (χ2n) is 6.30. The van der Waals surface area contributed by atoms with Crippen molar-refractivity contribution in [3.63, 3.8) is 0 Å². The molecule has 0 saturated heterocycles. The number of nitro groups is 1. The van der Waals surface area contributed by atoms with E-state index in [0.717, 1.165) is 5.69 Å². The van der Waals surface area contributed by atoms with Gasteiger partial charge in [0, 0.05) is 24.0 Å². The summed E-state index contributed by atoms with van der Waals surface area (Å²) in [7, 11) is 0. The summed E-state index contributed by atoms with van der Waals surface area (Å²) in [6.45, 7) is 4.01. The first kappa shape index (κ1) is 19.8. The van der Waals surface area contributed by atoms with Crippen LogP contribution in [0.15, 0.2) is 59.8 Å². The number of rotatable bonds is 7. The lowest BCUT2D eigenvalue weighted by molar-refractivity contribution is -0.384. The molecule has 0 aliphatic heterocycles. The highest BCUT2D eigenvalue weighted by Gasteiger charge is 2.12. The molecule has 0 amide bonds. The van der Waals surface area contributed by atoms with Crippen molar-refractivity contribution in [3.05, 3.63) is 81.8 Å². The molecule has 0 saturated carbocycles. The van der Waals surface area contributed by atoms with Crippen LogP contribution in [-0.2, 0) is 5.75 Å². The maximum atomic E-state index is 13.8. The van der Waals surface area contributed by atoms with Crippen molar-refractivity contribution in [2.75, 3.05) is 0 Å². The average molecular weight is 399 g/mol. The molecular weight excluding hydrogens is 381 g/mol. The number of halogens is 1. The Kier molecular flexibility index (Phi) is 6.20. The quantitative estimate of drug-likeness (QED) is 0.218. The smallest absolute Gasteiger partial charge is 0.269 e. The molecule has 28 heavy (non-hydrogen) atoms. The van der Waals surface area contributed by atoms with Gasteiger partial charge in [0.05, 0.1) is 10.6 Å². The number of thioether (sulfide) groups is 1. The topological polar surface area (TPSA) is 78.2 Å². The second-order valence-corrected chi connectivity index (χ2v) is 7.24. The lowest BCUT2D eigenvalue weighted by atomic mass is 10.1. The first-order valence-corrected chi connectivity index (χ1v) is 9.58. The van der Waals surface area contributed by atoms with Crippen molar-refractivity contribution < 1.29 is 14.1 Å². The van der Waals surface area contributed by atoms with Crippen molar-refractivity contribution in [3.8, 4) is 11.6 Å². The van der Waals surface area contributed by atoms with E-state index < -0.39 is 4.92 Å². The van der Waals surface area contributed by atoms with E-state index in [1.807, 2.05) is 13.8 Å².